The molecule has 5 nitrogen and oxygen atoms in total. The summed E-state index contributed by atoms with van der Waals surface area (Å²) >= 11 is 0. The Balaban J connectivity index is 1.80. The van der Waals surface area contributed by atoms with Crippen molar-refractivity contribution in [1.29, 1.82) is 0 Å². The number of fused-ring (bicyclic) bond motifs is 1. The predicted octanol–water partition coefficient (Wildman–Crippen LogP) is 3.81. The van der Waals surface area contributed by atoms with Crippen molar-refractivity contribution in [3.63, 3.8) is 0 Å². The minimum Gasteiger partial charge on any atom is -0.465 e. The van der Waals surface area contributed by atoms with Gasteiger partial charge in [-0.25, -0.2) is 4.79 Å². The molecule has 2 N–H and O–H groups in total. The van der Waals surface area contributed by atoms with E-state index in [4.69, 9.17) is 0 Å². The van der Waals surface area contributed by atoms with Crippen molar-refractivity contribution >= 4 is 18.1 Å². The summed E-state index contributed by atoms with van der Waals surface area (Å²) in [5.41, 5.74) is 3.80. The van der Waals surface area contributed by atoms with Crippen LogP contribution in [0.25, 0.3) is 11.1 Å². The molecule has 2 aliphatic carbocycles. The molecule has 0 aromatic heterocycles. The van der Waals surface area contributed by atoms with Crippen LogP contribution in [0.15, 0.2) is 42.5 Å². The fourth-order valence-corrected chi connectivity index (χ4v) is 4.57. The highest BCUT2D eigenvalue weighted by molar-refractivity contribution is 5.81. The zero-order valence-electron chi connectivity index (χ0n) is 15.7. The second kappa shape index (κ2) is 6.12. The molecule has 140 valence electrons. The lowest BCUT2D eigenvalue weighted by molar-refractivity contribution is -0.116. The highest BCUT2D eigenvalue weighted by Crippen LogP contribution is 2.63. The van der Waals surface area contributed by atoms with Crippen molar-refractivity contribution in [3.05, 3.63) is 53.6 Å². The van der Waals surface area contributed by atoms with Gasteiger partial charge in [-0.05, 0) is 60.1 Å². The number of carbonyl (C=O) groups excluding carboxylic acids is 1. The van der Waals surface area contributed by atoms with Crippen LogP contribution in [-0.4, -0.2) is 31.6 Å². The van der Waals surface area contributed by atoms with E-state index in [0.717, 1.165) is 59.9 Å². The highest BCUT2D eigenvalue weighted by atomic mass is 16.4. The molecule has 4 rings (SSSR count). The monoisotopic (exact) mass is 364 g/mol. The number of nitrogens with zero attached hydrogens (tertiary/aromatic N) is 1. The third-order valence-electron chi connectivity index (χ3n) is 6.27. The first kappa shape index (κ1) is 17.6. The Morgan fingerprint density at radius 3 is 2.48 bits per heavy atom. The predicted molar refractivity (Wildman–Crippen MR) is 105 cm³/mol. The summed E-state index contributed by atoms with van der Waals surface area (Å²) in [5.74, 6) is 0. The van der Waals surface area contributed by atoms with Crippen molar-refractivity contribution < 1.29 is 14.7 Å². The van der Waals surface area contributed by atoms with Crippen LogP contribution in [0.1, 0.15) is 30.4 Å². The van der Waals surface area contributed by atoms with Crippen LogP contribution in [0, 0.1) is 5.41 Å². The van der Waals surface area contributed by atoms with Gasteiger partial charge in [0.25, 0.3) is 0 Å². The molecular formula is C22H24N2O3. The minimum atomic E-state index is -1.15. The summed E-state index contributed by atoms with van der Waals surface area (Å²) in [6.07, 6.45) is 3.14. The highest BCUT2D eigenvalue weighted by Gasteiger charge is 2.63. The fourth-order valence-electron chi connectivity index (χ4n) is 4.57. The van der Waals surface area contributed by atoms with Crippen molar-refractivity contribution in [2.75, 3.05) is 19.0 Å². The molecule has 0 radical (unpaired) electrons. The topological polar surface area (TPSA) is 69.6 Å². The molecular weight excluding hydrogens is 340 g/mol. The third-order valence-corrected chi connectivity index (χ3v) is 6.27. The lowest BCUT2D eigenvalue weighted by Crippen LogP contribution is -2.55. The molecule has 2 aliphatic rings. The van der Waals surface area contributed by atoms with Crippen molar-refractivity contribution in [2.24, 2.45) is 5.41 Å². The zero-order valence-corrected chi connectivity index (χ0v) is 15.7. The SMILES string of the molecule is CN(C)c1cccc(-c2ccc3c(c2)CCC2(CC2)[C@]3(C=O)NC(=O)O)c1. The number of rotatable bonds is 4. The van der Waals surface area contributed by atoms with E-state index >= 15 is 0 Å². The Labute approximate surface area is 159 Å². The van der Waals surface area contributed by atoms with Gasteiger partial charge in [-0.1, -0.05) is 30.3 Å². The number of carbonyl (C=O) groups is 2. The molecule has 1 saturated carbocycles. The molecule has 1 atom stereocenters. The molecule has 1 amide bonds. The Kier molecular flexibility index (Phi) is 3.98. The minimum absolute atomic E-state index is 0.257. The lowest BCUT2D eigenvalue weighted by Gasteiger charge is -2.42. The maximum atomic E-state index is 12.2. The van der Waals surface area contributed by atoms with Crippen LogP contribution in [0.4, 0.5) is 10.5 Å². The van der Waals surface area contributed by atoms with Gasteiger partial charge in [0, 0.05) is 25.2 Å². The van der Waals surface area contributed by atoms with E-state index in [1.54, 1.807) is 0 Å². The summed E-state index contributed by atoms with van der Waals surface area (Å²) in [5, 5.41) is 12.0. The number of hydrogen-bond acceptors (Lipinski definition) is 3. The first-order chi connectivity index (χ1) is 12.9. The first-order valence-electron chi connectivity index (χ1n) is 9.29. The van der Waals surface area contributed by atoms with Crippen LogP contribution in [-0.2, 0) is 16.8 Å². The smallest absolute Gasteiger partial charge is 0.405 e. The van der Waals surface area contributed by atoms with Crippen LogP contribution < -0.4 is 10.2 Å². The number of carboxylic acid groups (broad SMARTS) is 1. The summed E-state index contributed by atoms with van der Waals surface area (Å²) in [6.45, 7) is 0. The second-order valence-electron chi connectivity index (χ2n) is 7.95. The number of nitrogens with one attached hydrogen (secondary N) is 1. The van der Waals surface area contributed by atoms with E-state index < -0.39 is 11.6 Å². The zero-order chi connectivity index (χ0) is 19.2. The van der Waals surface area contributed by atoms with Gasteiger partial charge < -0.3 is 20.1 Å². The maximum Gasteiger partial charge on any atom is 0.405 e. The number of aryl methyl sites for hydroxylation is 1. The quantitative estimate of drug-likeness (QED) is 0.810. The average molecular weight is 364 g/mol. The van der Waals surface area contributed by atoms with Crippen LogP contribution in [0.2, 0.25) is 0 Å². The number of amides is 1. The molecule has 2 aromatic carbocycles. The van der Waals surface area contributed by atoms with Gasteiger partial charge in [0.1, 0.15) is 5.54 Å². The lowest BCUT2D eigenvalue weighted by atomic mass is 9.67. The van der Waals surface area contributed by atoms with E-state index in [0.29, 0.717) is 0 Å². The largest absolute Gasteiger partial charge is 0.465 e. The molecule has 0 unspecified atom stereocenters. The Hall–Kier alpha value is -2.82. The van der Waals surface area contributed by atoms with E-state index in [-0.39, 0.29) is 5.41 Å². The maximum absolute atomic E-state index is 12.2. The number of aldehydes is 1. The second-order valence-corrected chi connectivity index (χ2v) is 7.95. The number of benzene rings is 2. The summed E-state index contributed by atoms with van der Waals surface area (Å²) in [7, 11) is 4.02. The fraction of sp³-hybridized carbons (Fsp3) is 0.364. The van der Waals surface area contributed by atoms with Gasteiger partial charge >= 0.3 is 6.09 Å². The molecule has 0 aliphatic heterocycles. The van der Waals surface area contributed by atoms with E-state index in [1.165, 1.54) is 0 Å². The molecule has 5 heteroatoms. The van der Waals surface area contributed by atoms with Crippen molar-refractivity contribution in [2.45, 2.75) is 31.2 Å². The summed E-state index contributed by atoms with van der Waals surface area (Å²) < 4.78 is 0. The van der Waals surface area contributed by atoms with Gasteiger partial charge in [0.05, 0.1) is 0 Å². The molecule has 1 spiro atoms. The molecule has 0 saturated heterocycles. The Morgan fingerprint density at radius 2 is 1.85 bits per heavy atom. The van der Waals surface area contributed by atoms with E-state index in [1.807, 2.05) is 32.3 Å². The van der Waals surface area contributed by atoms with Gasteiger partial charge in [0.15, 0.2) is 6.29 Å². The summed E-state index contributed by atoms with van der Waals surface area (Å²) in [4.78, 5) is 25.7. The van der Waals surface area contributed by atoms with Gasteiger partial charge in [-0.15, -0.1) is 0 Å². The molecule has 0 heterocycles. The summed E-state index contributed by atoms with van der Waals surface area (Å²) in [6, 6.07) is 14.4. The number of hydrogen-bond donors (Lipinski definition) is 2. The van der Waals surface area contributed by atoms with E-state index in [2.05, 4.69) is 34.5 Å². The Bertz CT molecular complexity index is 918. The normalized spacial score (nSPS) is 22.0. The first-order valence-corrected chi connectivity index (χ1v) is 9.29. The van der Waals surface area contributed by atoms with E-state index in [9.17, 15) is 14.7 Å². The Morgan fingerprint density at radius 1 is 1.11 bits per heavy atom. The van der Waals surface area contributed by atoms with Crippen LogP contribution >= 0.6 is 0 Å². The van der Waals surface area contributed by atoms with Crippen molar-refractivity contribution in [1.82, 2.24) is 5.32 Å². The van der Waals surface area contributed by atoms with Crippen LogP contribution in [0.5, 0.6) is 0 Å². The van der Waals surface area contributed by atoms with Gasteiger partial charge in [-0.3, -0.25) is 0 Å². The standard InChI is InChI=1S/C22H24N2O3/c1-24(2)18-5-3-4-15(13-18)16-6-7-19-17(12-16)8-9-21(10-11-21)22(19,14-25)23-20(26)27/h3-7,12-14,23H,8-11H2,1-2H3,(H,26,27)/t22-/m1/s1. The van der Waals surface area contributed by atoms with Crippen LogP contribution in [0.3, 0.4) is 0 Å². The molecule has 27 heavy (non-hydrogen) atoms. The number of anilines is 1. The van der Waals surface area contributed by atoms with Crippen molar-refractivity contribution in [3.8, 4) is 11.1 Å². The molecule has 0 bridgehead atoms. The molecule has 2 aromatic rings. The van der Waals surface area contributed by atoms with Gasteiger partial charge in [-0.2, -0.15) is 0 Å². The van der Waals surface area contributed by atoms with Gasteiger partial charge in [0.2, 0.25) is 0 Å². The average Bonchev–Trinajstić information content (AvgIpc) is 3.45. The molecule has 1 fully saturated rings. The third kappa shape index (κ3) is 2.69.